The Morgan fingerprint density at radius 2 is 1.89 bits per heavy atom. The minimum absolute atomic E-state index is 0.0440. The van der Waals surface area contributed by atoms with E-state index in [-0.39, 0.29) is 12.0 Å². The molecule has 148 valence electrons. The fourth-order valence-corrected chi connectivity index (χ4v) is 3.38. The zero-order valence-electron chi connectivity index (χ0n) is 16.1. The van der Waals surface area contributed by atoms with Crippen molar-refractivity contribution in [2.75, 3.05) is 43.6 Å². The first-order chi connectivity index (χ1) is 13.6. The van der Waals surface area contributed by atoms with E-state index in [1.54, 1.807) is 18.2 Å². The van der Waals surface area contributed by atoms with Crippen LogP contribution in [0.4, 0.5) is 11.4 Å². The van der Waals surface area contributed by atoms with Crippen LogP contribution in [0, 0.1) is 0 Å². The Morgan fingerprint density at radius 1 is 1.18 bits per heavy atom. The molecule has 1 atom stereocenters. The van der Waals surface area contributed by atoms with Gasteiger partial charge >= 0.3 is 5.97 Å². The van der Waals surface area contributed by atoms with Gasteiger partial charge in [0.15, 0.2) is 5.11 Å². The number of carbonyl (C=O) groups excluding carboxylic acids is 1. The first kappa shape index (κ1) is 20.1. The second-order valence-corrected chi connectivity index (χ2v) is 6.99. The normalized spacial score (nSPS) is 14.9. The molecule has 28 heavy (non-hydrogen) atoms. The summed E-state index contributed by atoms with van der Waals surface area (Å²) in [6.07, 6.45) is 0. The van der Waals surface area contributed by atoms with Crippen LogP contribution in [0.25, 0.3) is 0 Å². The average Bonchev–Trinajstić information content (AvgIpc) is 2.74. The van der Waals surface area contributed by atoms with Gasteiger partial charge < -0.3 is 25.0 Å². The molecule has 0 aliphatic carbocycles. The molecule has 2 N–H and O–H groups in total. The predicted octanol–water partition coefficient (Wildman–Crippen LogP) is 3.36. The average molecular weight is 400 g/mol. The molecule has 0 saturated carbocycles. The van der Waals surface area contributed by atoms with Crippen molar-refractivity contribution < 1.29 is 14.3 Å². The molecule has 1 saturated heterocycles. The highest BCUT2D eigenvalue weighted by atomic mass is 32.1. The third-order valence-electron chi connectivity index (χ3n) is 4.66. The van der Waals surface area contributed by atoms with Gasteiger partial charge in [0.1, 0.15) is 0 Å². The van der Waals surface area contributed by atoms with Crippen LogP contribution in [0.5, 0.6) is 0 Å². The molecule has 2 aromatic rings. The second-order valence-electron chi connectivity index (χ2n) is 6.58. The van der Waals surface area contributed by atoms with Gasteiger partial charge in [-0.25, -0.2) is 4.79 Å². The number of anilines is 2. The van der Waals surface area contributed by atoms with Crippen LogP contribution in [0.15, 0.2) is 48.5 Å². The summed E-state index contributed by atoms with van der Waals surface area (Å²) in [6, 6.07) is 15.6. The molecular formula is C21H25N3O3S. The van der Waals surface area contributed by atoms with Crippen molar-refractivity contribution in [3.05, 3.63) is 59.7 Å². The minimum Gasteiger partial charge on any atom is -0.465 e. The lowest BCUT2D eigenvalue weighted by Gasteiger charge is -2.29. The number of nitrogens with one attached hydrogen (secondary N) is 2. The van der Waals surface area contributed by atoms with E-state index in [4.69, 9.17) is 21.7 Å². The van der Waals surface area contributed by atoms with E-state index < -0.39 is 0 Å². The van der Waals surface area contributed by atoms with Gasteiger partial charge in [0.25, 0.3) is 0 Å². The minimum atomic E-state index is -0.378. The molecular weight excluding hydrogens is 374 g/mol. The zero-order chi connectivity index (χ0) is 19.9. The van der Waals surface area contributed by atoms with Gasteiger partial charge in [0, 0.05) is 24.5 Å². The number of morpholine rings is 1. The largest absolute Gasteiger partial charge is 0.465 e. The Bertz CT molecular complexity index is 820. The molecule has 3 rings (SSSR count). The van der Waals surface area contributed by atoms with Crippen LogP contribution in [0.2, 0.25) is 0 Å². The number of thiocarbonyl (C=S) groups is 1. The van der Waals surface area contributed by atoms with E-state index in [0.29, 0.717) is 10.7 Å². The molecule has 1 heterocycles. The van der Waals surface area contributed by atoms with Crippen molar-refractivity contribution in [1.29, 1.82) is 0 Å². The zero-order valence-corrected chi connectivity index (χ0v) is 16.9. The van der Waals surface area contributed by atoms with Crippen LogP contribution in [-0.4, -0.2) is 44.5 Å². The number of ether oxygens (including phenoxy) is 2. The van der Waals surface area contributed by atoms with E-state index in [0.717, 1.165) is 37.6 Å². The van der Waals surface area contributed by atoms with Crippen molar-refractivity contribution >= 4 is 34.7 Å². The van der Waals surface area contributed by atoms with Gasteiger partial charge in [0.2, 0.25) is 0 Å². The molecule has 1 aliphatic heterocycles. The molecule has 0 amide bonds. The summed E-state index contributed by atoms with van der Waals surface area (Å²) in [5.41, 5.74) is 3.56. The summed E-state index contributed by atoms with van der Waals surface area (Å²) in [7, 11) is 1.36. The van der Waals surface area contributed by atoms with Gasteiger partial charge in [-0.2, -0.15) is 0 Å². The third-order valence-corrected chi connectivity index (χ3v) is 4.88. The van der Waals surface area contributed by atoms with Crippen LogP contribution < -0.4 is 15.5 Å². The number of esters is 1. The standard InChI is InChI=1S/C21H25N3O3S/c1-15(16-6-8-19(9-7-16)24-10-12-27-13-11-24)22-21(28)23-18-5-3-4-17(14-18)20(25)26-2/h3-9,14-15H,10-13H2,1-2H3,(H2,22,23,28). The Balaban J connectivity index is 1.57. The summed E-state index contributed by atoms with van der Waals surface area (Å²) in [5, 5.41) is 6.88. The molecule has 0 bridgehead atoms. The fraction of sp³-hybridized carbons (Fsp3) is 0.333. The number of hydrogen-bond acceptors (Lipinski definition) is 5. The van der Waals surface area contributed by atoms with Gasteiger partial charge in [-0.15, -0.1) is 0 Å². The topological polar surface area (TPSA) is 62.8 Å². The van der Waals surface area contributed by atoms with Crippen molar-refractivity contribution in [2.45, 2.75) is 13.0 Å². The first-order valence-corrected chi connectivity index (χ1v) is 9.66. The predicted molar refractivity (Wildman–Crippen MR) is 115 cm³/mol. The molecule has 1 fully saturated rings. The molecule has 2 aromatic carbocycles. The summed E-state index contributed by atoms with van der Waals surface area (Å²) in [6.45, 7) is 5.45. The van der Waals surface area contributed by atoms with Crippen LogP contribution in [-0.2, 0) is 9.47 Å². The summed E-state index contributed by atoms with van der Waals surface area (Å²) >= 11 is 5.42. The SMILES string of the molecule is COC(=O)c1cccc(NC(=S)NC(C)c2ccc(N3CCOCC3)cc2)c1. The number of benzene rings is 2. The quantitative estimate of drug-likeness (QED) is 0.590. The van der Waals surface area contributed by atoms with Gasteiger partial charge in [0.05, 0.1) is 31.9 Å². The molecule has 1 unspecified atom stereocenters. The van der Waals surface area contributed by atoms with Crippen LogP contribution in [0.3, 0.4) is 0 Å². The molecule has 0 spiro atoms. The molecule has 6 nitrogen and oxygen atoms in total. The number of methoxy groups -OCH3 is 1. The third kappa shape index (κ3) is 5.21. The van der Waals surface area contributed by atoms with Crippen LogP contribution >= 0.6 is 12.2 Å². The maximum atomic E-state index is 11.6. The molecule has 7 heteroatoms. The van der Waals surface area contributed by atoms with Gasteiger partial charge in [-0.05, 0) is 55.0 Å². The highest BCUT2D eigenvalue weighted by Gasteiger charge is 2.13. The maximum absolute atomic E-state index is 11.6. The monoisotopic (exact) mass is 399 g/mol. The maximum Gasteiger partial charge on any atom is 0.337 e. The number of rotatable bonds is 5. The van der Waals surface area contributed by atoms with Crippen LogP contribution in [0.1, 0.15) is 28.9 Å². The van der Waals surface area contributed by atoms with E-state index in [1.165, 1.54) is 12.8 Å². The first-order valence-electron chi connectivity index (χ1n) is 9.25. The molecule has 0 aromatic heterocycles. The lowest BCUT2D eigenvalue weighted by Crippen LogP contribution is -2.36. The Hall–Kier alpha value is -2.64. The fourth-order valence-electron chi connectivity index (χ4n) is 3.08. The van der Waals surface area contributed by atoms with Crippen molar-refractivity contribution in [3.63, 3.8) is 0 Å². The highest BCUT2D eigenvalue weighted by Crippen LogP contribution is 2.20. The number of nitrogens with zero attached hydrogens (tertiary/aromatic N) is 1. The molecule has 1 aliphatic rings. The number of hydrogen-bond donors (Lipinski definition) is 2. The van der Waals surface area contributed by atoms with E-state index in [2.05, 4.69) is 46.7 Å². The van der Waals surface area contributed by atoms with Gasteiger partial charge in [-0.3, -0.25) is 0 Å². The van der Waals surface area contributed by atoms with Gasteiger partial charge in [-0.1, -0.05) is 18.2 Å². The summed E-state index contributed by atoms with van der Waals surface area (Å²) in [4.78, 5) is 14.0. The summed E-state index contributed by atoms with van der Waals surface area (Å²) in [5.74, 6) is -0.378. The summed E-state index contributed by atoms with van der Waals surface area (Å²) < 4.78 is 10.2. The second kappa shape index (κ2) is 9.52. The Morgan fingerprint density at radius 3 is 2.57 bits per heavy atom. The van der Waals surface area contributed by atoms with E-state index in [9.17, 15) is 4.79 Å². The lowest BCUT2D eigenvalue weighted by molar-refractivity contribution is 0.0601. The molecule has 0 radical (unpaired) electrons. The van der Waals surface area contributed by atoms with Crippen molar-refractivity contribution in [1.82, 2.24) is 5.32 Å². The number of carbonyl (C=O) groups is 1. The van der Waals surface area contributed by atoms with E-state index >= 15 is 0 Å². The highest BCUT2D eigenvalue weighted by molar-refractivity contribution is 7.80. The lowest BCUT2D eigenvalue weighted by atomic mass is 10.1. The van der Waals surface area contributed by atoms with Crippen molar-refractivity contribution in [2.24, 2.45) is 0 Å². The smallest absolute Gasteiger partial charge is 0.337 e. The Kier molecular flexibility index (Phi) is 6.84. The Labute approximate surface area is 170 Å². The van der Waals surface area contributed by atoms with E-state index in [1.807, 2.05) is 6.07 Å². The van der Waals surface area contributed by atoms with Crippen molar-refractivity contribution in [3.8, 4) is 0 Å².